The number of fused-ring (bicyclic) bond motifs is 5. The second-order valence-electron chi connectivity index (χ2n) is 9.32. The molecule has 4 aliphatic carbocycles. The molecule has 1 N–H and O–H groups in total. The first-order valence-electron chi connectivity index (χ1n) is 9.79. The van der Waals surface area contributed by atoms with E-state index in [4.69, 9.17) is 0 Å². The van der Waals surface area contributed by atoms with Crippen molar-refractivity contribution >= 4 is 17.5 Å². The van der Waals surface area contributed by atoms with Gasteiger partial charge in [0.05, 0.1) is 6.04 Å². The molecule has 1 amide bonds. The first kappa shape index (κ1) is 17.0. The Labute approximate surface area is 149 Å². The number of amides is 1. The molecule has 25 heavy (non-hydrogen) atoms. The van der Waals surface area contributed by atoms with Crippen LogP contribution in [0.2, 0.25) is 0 Å². The summed E-state index contributed by atoms with van der Waals surface area (Å²) in [7, 11) is 0. The van der Waals surface area contributed by atoms with Crippen molar-refractivity contribution in [3.05, 3.63) is 11.6 Å². The predicted molar refractivity (Wildman–Crippen MR) is 94.7 cm³/mol. The van der Waals surface area contributed by atoms with Crippen molar-refractivity contribution < 1.29 is 14.4 Å². The lowest BCUT2D eigenvalue weighted by atomic mass is 9.47. The number of ketones is 2. The molecule has 0 aromatic carbocycles. The molecule has 0 saturated heterocycles. The molecule has 4 aliphatic rings. The fourth-order valence-corrected chi connectivity index (χ4v) is 6.80. The summed E-state index contributed by atoms with van der Waals surface area (Å²) in [5.74, 6) is 1.88. The van der Waals surface area contributed by atoms with Crippen LogP contribution >= 0.6 is 0 Å². The summed E-state index contributed by atoms with van der Waals surface area (Å²) in [6, 6.07) is -0.311. The first-order chi connectivity index (χ1) is 11.8. The van der Waals surface area contributed by atoms with E-state index in [0.29, 0.717) is 30.6 Å². The quantitative estimate of drug-likeness (QED) is 0.795. The van der Waals surface area contributed by atoms with Crippen LogP contribution in [0.5, 0.6) is 0 Å². The third-order valence-corrected chi connectivity index (χ3v) is 8.15. The second-order valence-corrected chi connectivity index (χ2v) is 9.32. The van der Waals surface area contributed by atoms with Gasteiger partial charge in [0.2, 0.25) is 5.91 Å². The number of carbonyl (C=O) groups excluding carboxylic acids is 3. The van der Waals surface area contributed by atoms with Gasteiger partial charge in [-0.15, -0.1) is 0 Å². The van der Waals surface area contributed by atoms with Crippen molar-refractivity contribution in [3.8, 4) is 0 Å². The SMILES string of the molecule is CC(=O)N[C@@H]1C(=O)C[C@H]2[C@@H]3CCC4=CC(=O)CC[C@]4(C)[C@H]3CC[C@]12C. The van der Waals surface area contributed by atoms with Crippen LogP contribution in [0.4, 0.5) is 0 Å². The van der Waals surface area contributed by atoms with Crippen molar-refractivity contribution in [2.45, 2.75) is 71.8 Å². The molecule has 4 nitrogen and oxygen atoms in total. The Kier molecular flexibility index (Phi) is 3.75. The molecule has 3 saturated carbocycles. The Morgan fingerprint density at radius 3 is 2.60 bits per heavy atom. The zero-order valence-corrected chi connectivity index (χ0v) is 15.6. The van der Waals surface area contributed by atoms with Crippen LogP contribution in [0.15, 0.2) is 11.6 Å². The van der Waals surface area contributed by atoms with E-state index in [1.807, 2.05) is 6.08 Å². The van der Waals surface area contributed by atoms with E-state index >= 15 is 0 Å². The Morgan fingerprint density at radius 2 is 1.88 bits per heavy atom. The monoisotopic (exact) mass is 343 g/mol. The summed E-state index contributed by atoms with van der Waals surface area (Å²) in [4.78, 5) is 36.2. The Balaban J connectivity index is 1.66. The van der Waals surface area contributed by atoms with E-state index in [0.717, 1.165) is 32.1 Å². The molecule has 4 rings (SSSR count). The van der Waals surface area contributed by atoms with Crippen molar-refractivity contribution in [1.29, 1.82) is 0 Å². The fourth-order valence-electron chi connectivity index (χ4n) is 6.80. The molecule has 0 spiro atoms. The molecule has 6 atom stereocenters. The minimum atomic E-state index is -0.311. The van der Waals surface area contributed by atoms with E-state index in [2.05, 4.69) is 19.2 Å². The summed E-state index contributed by atoms with van der Waals surface area (Å²) >= 11 is 0. The molecule has 0 unspecified atom stereocenters. The number of carbonyl (C=O) groups is 3. The summed E-state index contributed by atoms with van der Waals surface area (Å²) < 4.78 is 0. The van der Waals surface area contributed by atoms with Crippen molar-refractivity contribution in [2.75, 3.05) is 0 Å². The molecule has 0 heterocycles. The van der Waals surface area contributed by atoms with Gasteiger partial charge in [-0.25, -0.2) is 0 Å². The number of allylic oxidation sites excluding steroid dienone is 1. The van der Waals surface area contributed by atoms with Gasteiger partial charge in [0.15, 0.2) is 11.6 Å². The lowest BCUT2D eigenvalue weighted by molar-refractivity contribution is -0.127. The largest absolute Gasteiger partial charge is 0.346 e. The highest BCUT2D eigenvalue weighted by atomic mass is 16.2. The summed E-state index contributed by atoms with van der Waals surface area (Å²) in [5, 5.41) is 2.95. The lowest BCUT2D eigenvalue weighted by Crippen LogP contribution is -2.54. The molecular formula is C21H29NO3. The third kappa shape index (κ3) is 2.36. The van der Waals surface area contributed by atoms with Crippen LogP contribution in [-0.2, 0) is 14.4 Å². The maximum atomic E-state index is 12.7. The van der Waals surface area contributed by atoms with E-state index in [1.165, 1.54) is 12.5 Å². The van der Waals surface area contributed by atoms with Gasteiger partial charge in [0.1, 0.15) is 0 Å². The molecule has 136 valence electrons. The molecule has 0 aliphatic heterocycles. The van der Waals surface area contributed by atoms with Crippen LogP contribution in [0, 0.1) is 28.6 Å². The Hall–Kier alpha value is -1.45. The number of hydrogen-bond acceptors (Lipinski definition) is 3. The minimum absolute atomic E-state index is 0.103. The van der Waals surface area contributed by atoms with Crippen molar-refractivity contribution in [1.82, 2.24) is 5.32 Å². The zero-order chi connectivity index (χ0) is 18.0. The van der Waals surface area contributed by atoms with E-state index in [1.54, 1.807) is 0 Å². The van der Waals surface area contributed by atoms with Gasteiger partial charge < -0.3 is 5.32 Å². The van der Waals surface area contributed by atoms with Gasteiger partial charge in [0.25, 0.3) is 0 Å². The second kappa shape index (κ2) is 5.52. The summed E-state index contributed by atoms with van der Waals surface area (Å²) in [6.45, 7) is 6.08. The zero-order valence-electron chi connectivity index (χ0n) is 15.6. The normalized spacial score (nSPS) is 46.0. The van der Waals surface area contributed by atoms with E-state index < -0.39 is 0 Å². The molecule has 3 fully saturated rings. The van der Waals surface area contributed by atoms with Gasteiger partial charge in [0, 0.05) is 19.8 Å². The van der Waals surface area contributed by atoms with Crippen LogP contribution in [0.3, 0.4) is 0 Å². The van der Waals surface area contributed by atoms with Gasteiger partial charge >= 0.3 is 0 Å². The maximum Gasteiger partial charge on any atom is 0.217 e. The molecule has 0 radical (unpaired) electrons. The van der Waals surface area contributed by atoms with E-state index in [9.17, 15) is 14.4 Å². The smallest absolute Gasteiger partial charge is 0.217 e. The van der Waals surface area contributed by atoms with Gasteiger partial charge in [-0.3, -0.25) is 14.4 Å². The average Bonchev–Trinajstić information content (AvgIpc) is 2.79. The van der Waals surface area contributed by atoms with Gasteiger partial charge in [-0.1, -0.05) is 19.4 Å². The highest BCUT2D eigenvalue weighted by Crippen LogP contribution is 2.64. The van der Waals surface area contributed by atoms with Crippen LogP contribution in [0.25, 0.3) is 0 Å². The highest BCUT2D eigenvalue weighted by Gasteiger charge is 2.61. The Morgan fingerprint density at radius 1 is 1.12 bits per heavy atom. The average molecular weight is 343 g/mol. The highest BCUT2D eigenvalue weighted by molar-refractivity contribution is 5.92. The van der Waals surface area contributed by atoms with Gasteiger partial charge in [-0.05, 0) is 66.8 Å². The molecule has 0 aromatic heterocycles. The van der Waals surface area contributed by atoms with Crippen LogP contribution in [0.1, 0.15) is 65.7 Å². The fraction of sp³-hybridized carbons (Fsp3) is 0.762. The molecule has 0 aromatic rings. The molecule has 0 bridgehead atoms. The first-order valence-corrected chi connectivity index (χ1v) is 9.79. The minimum Gasteiger partial charge on any atom is -0.346 e. The standard InChI is InChI=1S/C21H29NO3/c1-12(23)22-19-18(25)11-17-15-5-4-13-10-14(24)6-8-20(13,2)16(15)7-9-21(17,19)3/h10,15-17,19H,4-9,11H2,1-3H3,(H,22,23)/t15-,16+,17+,19-,20+,21+/m1/s1. The number of hydrogen-bond donors (Lipinski definition) is 1. The van der Waals surface area contributed by atoms with E-state index in [-0.39, 0.29) is 34.3 Å². The summed E-state index contributed by atoms with van der Waals surface area (Å²) in [6.07, 6.45) is 8.33. The van der Waals surface area contributed by atoms with Crippen LogP contribution < -0.4 is 5.32 Å². The molecule has 4 heteroatoms. The van der Waals surface area contributed by atoms with Crippen LogP contribution in [-0.4, -0.2) is 23.5 Å². The van der Waals surface area contributed by atoms with Crippen molar-refractivity contribution in [3.63, 3.8) is 0 Å². The predicted octanol–water partition coefficient (Wildman–Crippen LogP) is 3.20. The molecular weight excluding hydrogens is 314 g/mol. The number of rotatable bonds is 1. The number of Topliss-reactive ketones (excluding diaryl/α,β-unsaturated/α-hetero) is 1. The number of nitrogens with one attached hydrogen (secondary N) is 1. The maximum absolute atomic E-state index is 12.7. The lowest BCUT2D eigenvalue weighted by Gasteiger charge is -2.57. The van der Waals surface area contributed by atoms with Crippen molar-refractivity contribution in [2.24, 2.45) is 28.6 Å². The third-order valence-electron chi connectivity index (χ3n) is 8.15. The topological polar surface area (TPSA) is 63.2 Å². The Bertz CT molecular complexity index is 681. The summed E-state index contributed by atoms with van der Waals surface area (Å²) in [5.41, 5.74) is 1.38. The van der Waals surface area contributed by atoms with Gasteiger partial charge in [-0.2, -0.15) is 0 Å².